The van der Waals surface area contributed by atoms with Crippen molar-refractivity contribution in [2.75, 3.05) is 33.3 Å². The fraction of sp³-hybridized carbons (Fsp3) is 0.350. The van der Waals surface area contributed by atoms with Crippen LogP contribution in [0.3, 0.4) is 0 Å². The molecule has 0 aromatic heterocycles. The highest BCUT2D eigenvalue weighted by Crippen LogP contribution is 2.22. The van der Waals surface area contributed by atoms with Gasteiger partial charge in [-0.2, -0.15) is 0 Å². The Morgan fingerprint density at radius 2 is 1.88 bits per heavy atom. The van der Waals surface area contributed by atoms with Crippen molar-refractivity contribution in [3.05, 3.63) is 58.9 Å². The highest BCUT2D eigenvalue weighted by molar-refractivity contribution is 5.97. The molecule has 0 radical (unpaired) electrons. The number of phenolic OH excluding ortho intramolecular Hbond substituents is 1. The average molecular weight is 358 g/mol. The first kappa shape index (κ1) is 18.2. The van der Waals surface area contributed by atoms with Crippen LogP contribution in [-0.4, -0.2) is 54.1 Å². The van der Waals surface area contributed by atoms with Gasteiger partial charge in [0.05, 0.1) is 12.7 Å². The van der Waals surface area contributed by atoms with E-state index >= 15 is 0 Å². The first-order valence-electron chi connectivity index (χ1n) is 8.61. The molecule has 0 aliphatic carbocycles. The molecule has 0 saturated carbocycles. The van der Waals surface area contributed by atoms with Crippen molar-refractivity contribution in [3.8, 4) is 11.5 Å². The zero-order chi connectivity index (χ0) is 18.7. The van der Waals surface area contributed by atoms with Crippen LogP contribution in [0.5, 0.6) is 11.5 Å². The number of halogens is 1. The Morgan fingerprint density at radius 3 is 2.50 bits per heavy atom. The van der Waals surface area contributed by atoms with Gasteiger partial charge in [-0.1, -0.05) is 12.1 Å². The van der Waals surface area contributed by atoms with Crippen LogP contribution in [-0.2, 0) is 6.54 Å². The lowest BCUT2D eigenvalue weighted by Gasteiger charge is -2.35. The molecule has 1 heterocycles. The van der Waals surface area contributed by atoms with Gasteiger partial charge in [-0.15, -0.1) is 0 Å². The third kappa shape index (κ3) is 3.96. The van der Waals surface area contributed by atoms with Crippen LogP contribution >= 0.6 is 0 Å². The Balaban J connectivity index is 1.58. The number of carbonyl (C=O) groups is 1. The molecule has 1 aliphatic rings. The van der Waals surface area contributed by atoms with E-state index in [4.69, 9.17) is 4.74 Å². The molecule has 1 aliphatic heterocycles. The molecule has 6 heteroatoms. The molecule has 1 fully saturated rings. The SMILES string of the molecule is COc1ccc(CN2CCN(C(=O)c3ccc(C)cc3O)CC2)cc1F. The molecule has 138 valence electrons. The second kappa shape index (κ2) is 7.74. The zero-order valence-corrected chi connectivity index (χ0v) is 15.0. The van der Waals surface area contributed by atoms with Gasteiger partial charge in [0.1, 0.15) is 5.75 Å². The summed E-state index contributed by atoms with van der Waals surface area (Å²) in [4.78, 5) is 16.5. The summed E-state index contributed by atoms with van der Waals surface area (Å²) in [5.41, 5.74) is 2.12. The van der Waals surface area contributed by atoms with Gasteiger partial charge in [-0.05, 0) is 42.3 Å². The van der Waals surface area contributed by atoms with Crippen LogP contribution in [0.2, 0.25) is 0 Å². The molecule has 0 unspecified atom stereocenters. The number of hydrogen-bond acceptors (Lipinski definition) is 4. The highest BCUT2D eigenvalue weighted by Gasteiger charge is 2.24. The molecule has 3 rings (SSSR count). The molecule has 0 bridgehead atoms. The first-order valence-corrected chi connectivity index (χ1v) is 8.61. The number of phenols is 1. The van der Waals surface area contributed by atoms with E-state index in [2.05, 4.69) is 4.90 Å². The van der Waals surface area contributed by atoms with E-state index in [1.165, 1.54) is 13.2 Å². The number of carbonyl (C=O) groups excluding carboxylic acids is 1. The van der Waals surface area contributed by atoms with Gasteiger partial charge in [0.25, 0.3) is 5.91 Å². The topological polar surface area (TPSA) is 53.0 Å². The summed E-state index contributed by atoms with van der Waals surface area (Å²) >= 11 is 0. The molecule has 5 nitrogen and oxygen atoms in total. The molecule has 26 heavy (non-hydrogen) atoms. The number of aromatic hydroxyl groups is 1. The van der Waals surface area contributed by atoms with E-state index < -0.39 is 0 Å². The predicted molar refractivity (Wildman–Crippen MR) is 97.0 cm³/mol. The monoisotopic (exact) mass is 358 g/mol. The third-order valence-electron chi connectivity index (χ3n) is 4.67. The number of benzene rings is 2. The van der Waals surface area contributed by atoms with E-state index in [-0.39, 0.29) is 23.2 Å². The zero-order valence-electron chi connectivity index (χ0n) is 15.0. The van der Waals surface area contributed by atoms with Crippen molar-refractivity contribution in [1.82, 2.24) is 9.80 Å². The van der Waals surface area contributed by atoms with Crippen LogP contribution in [0.1, 0.15) is 21.5 Å². The fourth-order valence-electron chi connectivity index (χ4n) is 3.17. The van der Waals surface area contributed by atoms with Crippen LogP contribution < -0.4 is 4.74 Å². The normalized spacial score (nSPS) is 15.1. The summed E-state index contributed by atoms with van der Waals surface area (Å²) < 4.78 is 18.7. The maximum atomic E-state index is 13.8. The Bertz CT molecular complexity index is 802. The fourth-order valence-corrected chi connectivity index (χ4v) is 3.17. The maximum absolute atomic E-state index is 13.8. The van der Waals surface area contributed by atoms with Crippen molar-refractivity contribution in [1.29, 1.82) is 0 Å². The van der Waals surface area contributed by atoms with Gasteiger partial charge in [-0.25, -0.2) is 4.39 Å². The minimum absolute atomic E-state index is 0.0196. The summed E-state index contributed by atoms with van der Waals surface area (Å²) in [5.74, 6) is -0.264. The third-order valence-corrected chi connectivity index (χ3v) is 4.67. The van der Waals surface area contributed by atoms with Crippen LogP contribution in [0.4, 0.5) is 4.39 Å². The maximum Gasteiger partial charge on any atom is 0.257 e. The van der Waals surface area contributed by atoms with E-state index in [0.29, 0.717) is 38.3 Å². The summed E-state index contributed by atoms with van der Waals surface area (Å²) in [5, 5.41) is 10.0. The van der Waals surface area contributed by atoms with Crippen molar-refractivity contribution in [3.63, 3.8) is 0 Å². The van der Waals surface area contributed by atoms with E-state index in [0.717, 1.165) is 11.1 Å². The van der Waals surface area contributed by atoms with Gasteiger partial charge < -0.3 is 14.7 Å². The first-order chi connectivity index (χ1) is 12.5. The minimum Gasteiger partial charge on any atom is -0.507 e. The predicted octanol–water partition coefficient (Wildman–Crippen LogP) is 2.81. The number of rotatable bonds is 4. The second-order valence-electron chi connectivity index (χ2n) is 6.56. The quantitative estimate of drug-likeness (QED) is 0.913. The molecular weight excluding hydrogens is 335 g/mol. The van der Waals surface area contributed by atoms with Crippen molar-refractivity contribution in [2.24, 2.45) is 0 Å². The molecule has 0 atom stereocenters. The Labute approximate surface area is 152 Å². The molecule has 1 amide bonds. The van der Waals surface area contributed by atoms with Gasteiger partial charge >= 0.3 is 0 Å². The largest absolute Gasteiger partial charge is 0.507 e. The molecular formula is C20H23FN2O3. The van der Waals surface area contributed by atoms with Crippen molar-refractivity contribution >= 4 is 5.91 Å². The minimum atomic E-state index is -0.367. The average Bonchev–Trinajstić information content (AvgIpc) is 2.62. The molecule has 0 spiro atoms. The second-order valence-corrected chi connectivity index (χ2v) is 6.56. The smallest absolute Gasteiger partial charge is 0.257 e. The Kier molecular flexibility index (Phi) is 5.42. The van der Waals surface area contributed by atoms with E-state index in [1.54, 1.807) is 23.1 Å². The molecule has 2 aromatic rings. The number of methoxy groups -OCH3 is 1. The summed E-state index contributed by atoms with van der Waals surface area (Å²) in [6, 6.07) is 10.1. The lowest BCUT2D eigenvalue weighted by molar-refractivity contribution is 0.0625. The van der Waals surface area contributed by atoms with Crippen molar-refractivity contribution < 1.29 is 19.0 Å². The van der Waals surface area contributed by atoms with Gasteiger partial charge in [0.2, 0.25) is 0 Å². The standard InChI is InChI=1S/C20H23FN2O3/c1-14-3-5-16(18(24)11-14)20(25)23-9-7-22(8-10-23)13-15-4-6-19(26-2)17(21)12-15/h3-6,11-12,24H,7-10,13H2,1-2H3. The van der Waals surface area contributed by atoms with Crippen LogP contribution in [0, 0.1) is 12.7 Å². The van der Waals surface area contributed by atoms with E-state index in [9.17, 15) is 14.3 Å². The summed E-state index contributed by atoms with van der Waals surface area (Å²) in [6.45, 7) is 5.04. The number of aryl methyl sites for hydroxylation is 1. The molecule has 1 N–H and O–H groups in total. The number of piperazine rings is 1. The Morgan fingerprint density at radius 1 is 1.15 bits per heavy atom. The van der Waals surface area contributed by atoms with Gasteiger partial charge in [-0.3, -0.25) is 9.69 Å². The van der Waals surface area contributed by atoms with Crippen LogP contribution in [0.25, 0.3) is 0 Å². The number of amides is 1. The summed E-state index contributed by atoms with van der Waals surface area (Å²) in [7, 11) is 1.44. The number of nitrogens with zero attached hydrogens (tertiary/aromatic N) is 2. The summed E-state index contributed by atoms with van der Waals surface area (Å²) in [6.07, 6.45) is 0. The Hall–Kier alpha value is -2.60. The van der Waals surface area contributed by atoms with Crippen molar-refractivity contribution in [2.45, 2.75) is 13.5 Å². The number of ether oxygens (including phenoxy) is 1. The highest BCUT2D eigenvalue weighted by atomic mass is 19.1. The van der Waals surface area contributed by atoms with Gasteiger partial charge in [0, 0.05) is 32.7 Å². The number of hydrogen-bond donors (Lipinski definition) is 1. The lowest BCUT2D eigenvalue weighted by Crippen LogP contribution is -2.48. The lowest BCUT2D eigenvalue weighted by atomic mass is 10.1. The van der Waals surface area contributed by atoms with Crippen LogP contribution in [0.15, 0.2) is 36.4 Å². The molecule has 2 aromatic carbocycles. The molecule has 1 saturated heterocycles. The van der Waals surface area contributed by atoms with E-state index in [1.807, 2.05) is 19.1 Å². The van der Waals surface area contributed by atoms with Gasteiger partial charge in [0.15, 0.2) is 11.6 Å².